The van der Waals surface area contributed by atoms with Gasteiger partial charge in [0.25, 0.3) is 0 Å². The molecule has 0 radical (unpaired) electrons. The number of hydrogen-bond donors (Lipinski definition) is 2. The molecule has 1 aromatic heterocycles. The van der Waals surface area contributed by atoms with Crippen LogP contribution in [0.5, 0.6) is 0 Å². The highest BCUT2D eigenvalue weighted by molar-refractivity contribution is 7.16. The minimum atomic E-state index is -4.06. The average Bonchev–Trinajstić information content (AvgIpc) is 2.81. The normalized spacial score (nSPS) is 25.6. The number of halogens is 4. The minimum Gasteiger partial charge on any atom is -0.271 e. The van der Waals surface area contributed by atoms with Gasteiger partial charge in [0.05, 0.1) is 10.3 Å². The summed E-state index contributed by atoms with van der Waals surface area (Å²) in [6.45, 7) is 0. The first-order chi connectivity index (χ1) is 9.40. The Bertz CT molecular complexity index is 427. The molecule has 20 heavy (non-hydrogen) atoms. The molecule has 1 aromatic rings. The molecule has 1 saturated carbocycles. The maximum atomic E-state index is 12.6. The smallest absolute Gasteiger partial charge is 0.271 e. The van der Waals surface area contributed by atoms with Crippen LogP contribution in [0, 0.1) is 11.8 Å². The van der Waals surface area contributed by atoms with E-state index in [9.17, 15) is 13.2 Å². The van der Waals surface area contributed by atoms with E-state index in [-0.39, 0.29) is 24.8 Å². The lowest BCUT2D eigenvalue weighted by molar-refractivity contribution is -0.184. The molecule has 2 nitrogen and oxygen atoms in total. The summed E-state index contributed by atoms with van der Waals surface area (Å²) in [5.41, 5.74) is 2.77. The van der Waals surface area contributed by atoms with Crippen LogP contribution in [-0.4, -0.2) is 12.2 Å². The van der Waals surface area contributed by atoms with Gasteiger partial charge in [0.15, 0.2) is 0 Å². The Kier molecular flexibility index (Phi) is 5.34. The molecule has 1 atom stereocenters. The molecule has 0 aromatic carbocycles. The van der Waals surface area contributed by atoms with Crippen molar-refractivity contribution >= 4 is 22.9 Å². The van der Waals surface area contributed by atoms with Crippen LogP contribution in [0.25, 0.3) is 0 Å². The van der Waals surface area contributed by atoms with Crippen LogP contribution < -0.4 is 11.3 Å². The Hall–Kier alpha value is -0.300. The summed E-state index contributed by atoms with van der Waals surface area (Å²) in [5.74, 6) is 4.63. The summed E-state index contributed by atoms with van der Waals surface area (Å²) in [7, 11) is 0. The van der Waals surface area contributed by atoms with E-state index in [0.29, 0.717) is 12.8 Å². The molecule has 1 aliphatic carbocycles. The summed E-state index contributed by atoms with van der Waals surface area (Å²) in [6.07, 6.45) is -1.79. The van der Waals surface area contributed by atoms with Crippen molar-refractivity contribution in [2.75, 3.05) is 0 Å². The van der Waals surface area contributed by atoms with Crippen LogP contribution in [0.4, 0.5) is 13.2 Å². The maximum Gasteiger partial charge on any atom is 0.391 e. The first-order valence-electron chi connectivity index (χ1n) is 6.67. The van der Waals surface area contributed by atoms with Gasteiger partial charge in [-0.3, -0.25) is 11.3 Å². The van der Waals surface area contributed by atoms with Gasteiger partial charge in [-0.25, -0.2) is 0 Å². The van der Waals surface area contributed by atoms with Crippen LogP contribution in [0.15, 0.2) is 12.1 Å². The van der Waals surface area contributed by atoms with Crippen molar-refractivity contribution in [1.29, 1.82) is 0 Å². The van der Waals surface area contributed by atoms with Crippen LogP contribution in [0.3, 0.4) is 0 Å². The van der Waals surface area contributed by atoms with Crippen molar-refractivity contribution in [2.24, 2.45) is 17.7 Å². The predicted octanol–water partition coefficient (Wildman–Crippen LogP) is 4.14. The van der Waals surface area contributed by atoms with Gasteiger partial charge in [-0.05, 0) is 50.2 Å². The van der Waals surface area contributed by atoms with Crippen molar-refractivity contribution < 1.29 is 13.2 Å². The molecule has 0 amide bonds. The molecule has 0 spiro atoms. The largest absolute Gasteiger partial charge is 0.391 e. The van der Waals surface area contributed by atoms with Crippen molar-refractivity contribution in [3.05, 3.63) is 21.3 Å². The minimum absolute atomic E-state index is 0.0129. The highest BCUT2D eigenvalue weighted by atomic mass is 35.5. The molecule has 1 unspecified atom stereocenters. The maximum absolute atomic E-state index is 12.6. The van der Waals surface area contributed by atoms with Gasteiger partial charge < -0.3 is 0 Å². The third-order valence-corrected chi connectivity index (χ3v) is 5.32. The molecule has 1 heterocycles. The molecular formula is C13H18ClF3N2S. The van der Waals surface area contributed by atoms with Gasteiger partial charge in [0.2, 0.25) is 0 Å². The Morgan fingerprint density at radius 3 is 2.40 bits per heavy atom. The van der Waals surface area contributed by atoms with E-state index >= 15 is 0 Å². The van der Waals surface area contributed by atoms with Crippen molar-refractivity contribution in [2.45, 2.75) is 44.3 Å². The standard InChI is InChI=1S/C13H18ClF3N2S/c14-12-6-5-10(20-12)7-11(19-18)8-1-3-9(4-2-8)13(15,16)17/h5-6,8-9,11,19H,1-4,7,18H2. The molecular weight excluding hydrogens is 309 g/mol. The SMILES string of the molecule is NNC(Cc1ccc(Cl)s1)C1CCC(C(F)(F)F)CC1. The lowest BCUT2D eigenvalue weighted by atomic mass is 9.77. The van der Waals surface area contributed by atoms with E-state index < -0.39 is 12.1 Å². The quantitative estimate of drug-likeness (QED) is 0.644. The second kappa shape index (κ2) is 6.64. The fourth-order valence-corrected chi connectivity index (χ4v) is 4.03. The highest BCUT2D eigenvalue weighted by Gasteiger charge is 2.42. The lowest BCUT2D eigenvalue weighted by Gasteiger charge is -2.34. The molecule has 0 saturated heterocycles. The van der Waals surface area contributed by atoms with E-state index in [0.717, 1.165) is 15.6 Å². The molecule has 3 N–H and O–H groups in total. The number of thiophene rings is 1. The van der Waals surface area contributed by atoms with Gasteiger partial charge in [-0.1, -0.05) is 11.6 Å². The van der Waals surface area contributed by atoms with Crippen LogP contribution >= 0.6 is 22.9 Å². The second-order valence-corrected chi connectivity index (χ2v) is 7.14. The fourth-order valence-electron chi connectivity index (χ4n) is 2.89. The summed E-state index contributed by atoms with van der Waals surface area (Å²) in [6, 6.07) is 3.79. The Labute approximate surface area is 125 Å². The van der Waals surface area contributed by atoms with Crippen LogP contribution in [0.1, 0.15) is 30.6 Å². The van der Waals surface area contributed by atoms with Crippen molar-refractivity contribution in [3.63, 3.8) is 0 Å². The Balaban J connectivity index is 1.90. The Morgan fingerprint density at radius 2 is 1.95 bits per heavy atom. The third-order valence-electron chi connectivity index (χ3n) is 4.07. The first kappa shape index (κ1) is 16.1. The van der Waals surface area contributed by atoms with Crippen LogP contribution in [-0.2, 0) is 6.42 Å². The molecule has 1 fully saturated rings. The van der Waals surface area contributed by atoms with E-state index in [1.807, 2.05) is 12.1 Å². The molecule has 114 valence electrons. The van der Waals surface area contributed by atoms with E-state index in [1.165, 1.54) is 11.3 Å². The second-order valence-electron chi connectivity index (χ2n) is 5.34. The summed E-state index contributed by atoms with van der Waals surface area (Å²) < 4.78 is 38.7. The lowest BCUT2D eigenvalue weighted by Crippen LogP contribution is -2.44. The Morgan fingerprint density at radius 1 is 1.30 bits per heavy atom. The van der Waals surface area contributed by atoms with E-state index in [4.69, 9.17) is 17.4 Å². The van der Waals surface area contributed by atoms with Gasteiger partial charge in [-0.2, -0.15) is 13.2 Å². The predicted molar refractivity (Wildman–Crippen MR) is 75.6 cm³/mol. The monoisotopic (exact) mass is 326 g/mol. The number of nitrogens with two attached hydrogens (primary N) is 1. The highest BCUT2D eigenvalue weighted by Crippen LogP contribution is 2.40. The zero-order chi connectivity index (χ0) is 14.8. The van der Waals surface area contributed by atoms with Crippen molar-refractivity contribution in [3.8, 4) is 0 Å². The average molecular weight is 327 g/mol. The number of alkyl halides is 3. The topological polar surface area (TPSA) is 38.0 Å². The number of nitrogens with one attached hydrogen (secondary N) is 1. The van der Waals surface area contributed by atoms with Crippen molar-refractivity contribution in [1.82, 2.24) is 5.43 Å². The van der Waals surface area contributed by atoms with E-state index in [1.54, 1.807) is 0 Å². The number of rotatable bonds is 4. The van der Waals surface area contributed by atoms with E-state index in [2.05, 4.69) is 5.43 Å². The molecule has 0 aliphatic heterocycles. The van der Waals surface area contributed by atoms with Crippen LogP contribution in [0.2, 0.25) is 4.34 Å². The number of hydrogen-bond acceptors (Lipinski definition) is 3. The fraction of sp³-hybridized carbons (Fsp3) is 0.692. The van der Waals surface area contributed by atoms with Gasteiger partial charge >= 0.3 is 6.18 Å². The summed E-state index contributed by atoms with van der Waals surface area (Å²) in [4.78, 5) is 1.11. The zero-order valence-corrected chi connectivity index (χ0v) is 12.5. The molecule has 7 heteroatoms. The molecule has 0 bridgehead atoms. The van der Waals surface area contributed by atoms with Gasteiger partial charge in [0.1, 0.15) is 0 Å². The third kappa shape index (κ3) is 4.10. The van der Waals surface area contributed by atoms with Gasteiger partial charge in [-0.15, -0.1) is 11.3 Å². The van der Waals surface area contributed by atoms with Gasteiger partial charge in [0, 0.05) is 10.9 Å². The molecule has 2 rings (SSSR count). The number of hydrazine groups is 1. The summed E-state index contributed by atoms with van der Waals surface area (Å²) in [5, 5.41) is 0. The molecule has 1 aliphatic rings. The zero-order valence-electron chi connectivity index (χ0n) is 10.9. The first-order valence-corrected chi connectivity index (χ1v) is 7.86. The summed E-state index contributed by atoms with van der Waals surface area (Å²) >= 11 is 7.37.